The van der Waals surface area contributed by atoms with Crippen LogP contribution < -0.4 is 0 Å². The summed E-state index contributed by atoms with van der Waals surface area (Å²) in [5.41, 5.74) is 0. The lowest BCUT2D eigenvalue weighted by molar-refractivity contribution is 0.228. The van der Waals surface area contributed by atoms with E-state index in [-0.39, 0.29) is 0 Å². The van der Waals surface area contributed by atoms with Crippen molar-refractivity contribution in [2.24, 2.45) is 0 Å². The minimum Gasteiger partial charge on any atom is -0.309 e. The van der Waals surface area contributed by atoms with Gasteiger partial charge < -0.3 is 9.05 Å². The first-order chi connectivity index (χ1) is 4.12. The van der Waals surface area contributed by atoms with Crippen LogP contribution in [0.5, 0.6) is 0 Å². The van der Waals surface area contributed by atoms with E-state index in [0.29, 0.717) is 13.2 Å². The minimum absolute atomic E-state index is 0.376. The molecule has 3 nitrogen and oxygen atoms in total. The maximum absolute atomic E-state index is 10.9. The molecule has 0 aromatic heterocycles. The van der Waals surface area contributed by atoms with E-state index in [2.05, 4.69) is 6.66 Å². The fourth-order valence-electron chi connectivity index (χ4n) is 0.431. The van der Waals surface area contributed by atoms with E-state index in [0.717, 1.165) is 0 Å². The zero-order chi connectivity index (χ0) is 7.33. The second kappa shape index (κ2) is 4.04. The van der Waals surface area contributed by atoms with Crippen molar-refractivity contribution in [2.45, 2.75) is 13.8 Å². The first-order valence-electron chi connectivity index (χ1n) is 2.86. The molecule has 0 spiro atoms. The van der Waals surface area contributed by atoms with Gasteiger partial charge in [-0.1, -0.05) is 0 Å². The van der Waals surface area contributed by atoms with Gasteiger partial charge in [0.25, 0.3) is 0 Å². The fraction of sp³-hybridized carbons (Fsp3) is 0.800. The Hall–Kier alpha value is 0.150. The maximum atomic E-state index is 10.9. The van der Waals surface area contributed by atoms with Crippen molar-refractivity contribution in [3.8, 4) is 0 Å². The van der Waals surface area contributed by atoms with E-state index in [1.807, 2.05) is 0 Å². The zero-order valence-electron chi connectivity index (χ0n) is 5.79. The molecule has 0 aliphatic rings. The predicted octanol–water partition coefficient (Wildman–Crippen LogP) is 2.04. The van der Waals surface area contributed by atoms with Crippen LogP contribution in [0, 0.1) is 6.66 Å². The van der Waals surface area contributed by atoms with Gasteiger partial charge in [0.1, 0.15) is 0 Å². The Kier molecular flexibility index (Phi) is 4.11. The number of hydrogen-bond acceptors (Lipinski definition) is 3. The molecule has 0 aromatic carbocycles. The van der Waals surface area contributed by atoms with Crippen LogP contribution >= 0.6 is 7.60 Å². The van der Waals surface area contributed by atoms with Crippen LogP contribution in [0.25, 0.3) is 0 Å². The lowest BCUT2D eigenvalue weighted by atomic mass is 10.9. The Morgan fingerprint density at radius 1 is 1.33 bits per heavy atom. The summed E-state index contributed by atoms with van der Waals surface area (Å²) < 4.78 is 20.2. The zero-order valence-corrected chi connectivity index (χ0v) is 6.69. The van der Waals surface area contributed by atoms with Gasteiger partial charge in [-0.25, -0.2) is 0 Å². The first-order valence-corrected chi connectivity index (χ1v) is 4.58. The molecule has 0 heterocycles. The van der Waals surface area contributed by atoms with Crippen molar-refractivity contribution >= 4 is 7.60 Å². The van der Waals surface area contributed by atoms with E-state index in [9.17, 15) is 4.57 Å². The molecule has 0 fully saturated rings. The van der Waals surface area contributed by atoms with Gasteiger partial charge in [-0.2, -0.15) is 0 Å². The van der Waals surface area contributed by atoms with Crippen molar-refractivity contribution in [1.82, 2.24) is 0 Å². The van der Waals surface area contributed by atoms with Crippen molar-refractivity contribution in [2.75, 3.05) is 13.2 Å². The summed E-state index contributed by atoms with van der Waals surface area (Å²) in [6.45, 7) is 7.51. The third-order valence-electron chi connectivity index (χ3n) is 0.652. The second-order valence-corrected chi connectivity index (χ2v) is 3.18. The molecule has 0 saturated carbocycles. The second-order valence-electron chi connectivity index (χ2n) is 1.45. The molecule has 0 amide bonds. The van der Waals surface area contributed by atoms with Crippen LogP contribution in [0.3, 0.4) is 0 Å². The van der Waals surface area contributed by atoms with Crippen molar-refractivity contribution in [3.05, 3.63) is 6.66 Å². The molecule has 4 heteroatoms. The van der Waals surface area contributed by atoms with Crippen molar-refractivity contribution < 1.29 is 13.6 Å². The van der Waals surface area contributed by atoms with Gasteiger partial charge in [0, 0.05) is 0 Å². The molecule has 55 valence electrons. The largest absolute Gasteiger partial charge is 0.331 e. The van der Waals surface area contributed by atoms with Gasteiger partial charge in [0.2, 0.25) is 0 Å². The topological polar surface area (TPSA) is 35.5 Å². The summed E-state index contributed by atoms with van der Waals surface area (Å²) in [6.07, 6.45) is 0. The SMILES string of the molecule is [CH2]P(=O)(OCC)OCC. The standard InChI is InChI=1S/C5H12O3P/c1-4-7-9(3,6)8-5-2/h3-5H2,1-2H3. The van der Waals surface area contributed by atoms with Gasteiger partial charge in [-0.05, 0) is 13.8 Å². The molecule has 9 heavy (non-hydrogen) atoms. The highest BCUT2D eigenvalue weighted by molar-refractivity contribution is 7.55. The maximum Gasteiger partial charge on any atom is 0.331 e. The molecule has 0 aliphatic carbocycles. The lowest BCUT2D eigenvalue weighted by Crippen LogP contribution is -1.90. The van der Waals surface area contributed by atoms with Crippen LogP contribution in [0.15, 0.2) is 0 Å². The average Bonchev–Trinajstić information content (AvgIpc) is 1.64. The molecular formula is C5H12O3P. The monoisotopic (exact) mass is 151 g/mol. The van der Waals surface area contributed by atoms with Crippen LogP contribution in [-0.4, -0.2) is 13.2 Å². The average molecular weight is 151 g/mol. The Morgan fingerprint density at radius 2 is 1.67 bits per heavy atom. The summed E-state index contributed by atoms with van der Waals surface area (Å²) in [5.74, 6) is 0. The Labute approximate surface area is 55.9 Å². The molecule has 0 unspecified atom stereocenters. The first kappa shape index (κ1) is 9.15. The van der Waals surface area contributed by atoms with Gasteiger partial charge in [-0.3, -0.25) is 4.57 Å². The summed E-state index contributed by atoms with van der Waals surface area (Å²) in [4.78, 5) is 0. The molecule has 0 bridgehead atoms. The highest BCUT2D eigenvalue weighted by Gasteiger charge is 2.13. The normalized spacial score (nSPS) is 11.9. The molecule has 1 radical (unpaired) electrons. The highest BCUT2D eigenvalue weighted by atomic mass is 31.2. The van der Waals surface area contributed by atoms with E-state index in [1.165, 1.54) is 0 Å². The van der Waals surface area contributed by atoms with E-state index >= 15 is 0 Å². The predicted molar refractivity (Wildman–Crippen MR) is 36.2 cm³/mol. The summed E-state index contributed by atoms with van der Waals surface area (Å²) >= 11 is 0. The molecule has 0 atom stereocenters. The third-order valence-corrected chi connectivity index (χ3v) is 1.95. The minimum atomic E-state index is -2.94. The summed E-state index contributed by atoms with van der Waals surface area (Å²) in [5, 5.41) is 0. The highest BCUT2D eigenvalue weighted by Crippen LogP contribution is 2.45. The van der Waals surface area contributed by atoms with Gasteiger partial charge in [0.15, 0.2) is 0 Å². The molecule has 0 aliphatic heterocycles. The van der Waals surface area contributed by atoms with E-state index in [4.69, 9.17) is 9.05 Å². The van der Waals surface area contributed by atoms with Gasteiger partial charge in [-0.15, -0.1) is 0 Å². The Balaban J connectivity index is 3.58. The van der Waals surface area contributed by atoms with Crippen LogP contribution in [0.2, 0.25) is 0 Å². The van der Waals surface area contributed by atoms with Crippen LogP contribution in [0.4, 0.5) is 0 Å². The summed E-state index contributed by atoms with van der Waals surface area (Å²) in [7, 11) is -2.94. The molecule has 0 rings (SSSR count). The van der Waals surface area contributed by atoms with Crippen LogP contribution in [-0.2, 0) is 13.6 Å². The molecule has 0 aromatic rings. The number of hydrogen-bond donors (Lipinski definition) is 0. The Bertz CT molecular complexity index is 103. The van der Waals surface area contributed by atoms with Gasteiger partial charge >= 0.3 is 7.60 Å². The fourth-order valence-corrected chi connectivity index (χ4v) is 1.29. The van der Waals surface area contributed by atoms with Crippen molar-refractivity contribution in [1.29, 1.82) is 0 Å². The van der Waals surface area contributed by atoms with Gasteiger partial charge in [0.05, 0.1) is 19.9 Å². The smallest absolute Gasteiger partial charge is 0.309 e. The quantitative estimate of drug-likeness (QED) is 0.577. The summed E-state index contributed by atoms with van der Waals surface area (Å²) in [6, 6.07) is 0. The Morgan fingerprint density at radius 3 is 1.89 bits per heavy atom. The van der Waals surface area contributed by atoms with Crippen LogP contribution in [0.1, 0.15) is 13.8 Å². The molecule has 0 saturated heterocycles. The van der Waals surface area contributed by atoms with Crippen molar-refractivity contribution in [3.63, 3.8) is 0 Å². The third kappa shape index (κ3) is 4.64. The molecular weight excluding hydrogens is 139 g/mol. The van der Waals surface area contributed by atoms with E-state index in [1.54, 1.807) is 13.8 Å². The molecule has 0 N–H and O–H groups in total. The lowest BCUT2D eigenvalue weighted by Gasteiger charge is -2.09. The van der Waals surface area contributed by atoms with E-state index < -0.39 is 7.60 Å². The number of rotatable bonds is 4.